The van der Waals surface area contributed by atoms with Gasteiger partial charge in [0.2, 0.25) is 0 Å². The summed E-state index contributed by atoms with van der Waals surface area (Å²) in [6, 6.07) is 11.4. The maximum Gasteiger partial charge on any atom is 0.0988 e. The molecule has 4 aliphatic carbocycles. The fourth-order valence-corrected chi connectivity index (χ4v) is 10.2. The lowest BCUT2D eigenvalue weighted by molar-refractivity contribution is -0.179. The van der Waals surface area contributed by atoms with Crippen LogP contribution in [0.2, 0.25) is 0 Å². The molecular weight excluding hydrogens is 402 g/mol. The number of likely N-dealkylation sites (tertiary alicyclic amines) is 1. The Morgan fingerprint density at radius 2 is 1.61 bits per heavy atom. The lowest BCUT2D eigenvalue weighted by Crippen LogP contribution is -2.56. The number of hydrogen-bond acceptors (Lipinski definition) is 2. The van der Waals surface area contributed by atoms with Gasteiger partial charge >= 0.3 is 0 Å². The average molecular weight is 450 g/mol. The molecule has 33 heavy (non-hydrogen) atoms. The van der Waals surface area contributed by atoms with Crippen LogP contribution in [0.1, 0.15) is 96.5 Å². The van der Waals surface area contributed by atoms with Crippen LogP contribution in [0.15, 0.2) is 30.3 Å². The van der Waals surface area contributed by atoms with Crippen molar-refractivity contribution in [1.29, 1.82) is 0 Å². The number of ether oxygens (including phenoxy) is 1. The van der Waals surface area contributed by atoms with E-state index in [0.29, 0.717) is 5.41 Å². The quantitative estimate of drug-likeness (QED) is 0.463. The summed E-state index contributed by atoms with van der Waals surface area (Å²) in [5.74, 6) is 3.73. The van der Waals surface area contributed by atoms with Gasteiger partial charge in [0, 0.05) is 12.0 Å². The summed E-state index contributed by atoms with van der Waals surface area (Å²) in [7, 11) is 0. The Balaban J connectivity index is 1.29. The summed E-state index contributed by atoms with van der Waals surface area (Å²) in [6.07, 6.45) is 17.1. The first kappa shape index (κ1) is 22.6. The third-order valence-electron chi connectivity index (χ3n) is 11.9. The van der Waals surface area contributed by atoms with Crippen LogP contribution in [0.5, 0.6) is 0 Å². The van der Waals surface area contributed by atoms with E-state index in [4.69, 9.17) is 4.74 Å². The van der Waals surface area contributed by atoms with Crippen molar-refractivity contribution in [3.8, 4) is 0 Å². The third-order valence-corrected chi connectivity index (χ3v) is 11.9. The predicted molar refractivity (Wildman–Crippen MR) is 136 cm³/mol. The van der Waals surface area contributed by atoms with Gasteiger partial charge in [0.15, 0.2) is 0 Å². The molecule has 1 saturated heterocycles. The van der Waals surface area contributed by atoms with Crippen molar-refractivity contribution >= 4 is 0 Å². The van der Waals surface area contributed by atoms with E-state index in [1.165, 1.54) is 95.7 Å². The van der Waals surface area contributed by atoms with E-state index >= 15 is 0 Å². The molecule has 1 aliphatic heterocycles. The Kier molecular flexibility index (Phi) is 5.93. The summed E-state index contributed by atoms with van der Waals surface area (Å²) < 4.78 is 7.18. The minimum atomic E-state index is -0.0893. The van der Waals surface area contributed by atoms with Gasteiger partial charge in [-0.1, -0.05) is 57.0 Å². The fraction of sp³-hybridized carbons (Fsp3) is 0.806. The highest BCUT2D eigenvalue weighted by Gasteiger charge is 2.65. The Bertz CT molecular complexity index is 817. The lowest BCUT2D eigenvalue weighted by atomic mass is 9.44. The maximum absolute atomic E-state index is 7.18. The number of fused-ring (bicyclic) bond motifs is 5. The standard InChI is InChI=1S/C31H47NO/c1-29-17-7-6-10-24(29)13-14-26-27(29)15-18-30(2)28(26)16-19-31(30,25-11-4-3-5-12-25)33-23-22-32-20-8-9-21-32/h3-5,11-12,24,26-28H,6-10,13-23H2,1-2H3/t24-,26+,27-,28-,29-,30-,31-/m0/s1. The molecule has 0 radical (unpaired) electrons. The number of rotatable bonds is 5. The molecule has 0 unspecified atom stereocenters. The van der Waals surface area contributed by atoms with Crippen molar-refractivity contribution in [2.24, 2.45) is 34.5 Å². The molecule has 0 amide bonds. The van der Waals surface area contributed by atoms with Gasteiger partial charge in [-0.25, -0.2) is 0 Å². The highest BCUT2D eigenvalue weighted by atomic mass is 16.5. The fourth-order valence-electron chi connectivity index (χ4n) is 10.2. The first-order chi connectivity index (χ1) is 16.1. The first-order valence-electron chi connectivity index (χ1n) is 14.5. The first-order valence-corrected chi connectivity index (χ1v) is 14.5. The van der Waals surface area contributed by atoms with Crippen LogP contribution in [0.3, 0.4) is 0 Å². The molecule has 2 heteroatoms. The molecule has 2 nitrogen and oxygen atoms in total. The molecule has 1 aromatic carbocycles. The van der Waals surface area contributed by atoms with Gasteiger partial charge in [-0.05, 0) is 112 Å². The molecule has 0 N–H and O–H groups in total. The van der Waals surface area contributed by atoms with Gasteiger partial charge in [-0.3, -0.25) is 0 Å². The average Bonchev–Trinajstić information content (AvgIpc) is 3.46. The highest BCUT2D eigenvalue weighted by Crippen LogP contribution is 2.70. The molecule has 5 aliphatic rings. The van der Waals surface area contributed by atoms with Crippen LogP contribution in [-0.2, 0) is 10.3 Å². The van der Waals surface area contributed by atoms with Crippen molar-refractivity contribution in [1.82, 2.24) is 4.90 Å². The predicted octanol–water partition coefficient (Wildman–Crippen LogP) is 7.43. The van der Waals surface area contributed by atoms with Gasteiger partial charge in [0.25, 0.3) is 0 Å². The molecule has 5 fully saturated rings. The molecule has 0 bridgehead atoms. The van der Waals surface area contributed by atoms with Crippen molar-refractivity contribution < 1.29 is 4.74 Å². The van der Waals surface area contributed by atoms with Crippen LogP contribution in [0.4, 0.5) is 0 Å². The van der Waals surface area contributed by atoms with Crippen LogP contribution in [0.25, 0.3) is 0 Å². The minimum absolute atomic E-state index is 0.0893. The van der Waals surface area contributed by atoms with E-state index < -0.39 is 0 Å². The molecule has 0 aromatic heterocycles. The second kappa shape index (κ2) is 8.66. The van der Waals surface area contributed by atoms with Gasteiger partial charge in [0.05, 0.1) is 12.2 Å². The lowest BCUT2D eigenvalue weighted by Gasteiger charge is -2.61. The van der Waals surface area contributed by atoms with E-state index in [1.807, 2.05) is 0 Å². The molecule has 6 rings (SSSR count). The van der Waals surface area contributed by atoms with E-state index in [-0.39, 0.29) is 11.0 Å². The normalized spacial score (nSPS) is 45.4. The second-order valence-corrected chi connectivity index (χ2v) is 13.0. The van der Waals surface area contributed by atoms with Crippen LogP contribution in [0, 0.1) is 34.5 Å². The zero-order valence-corrected chi connectivity index (χ0v) is 21.4. The number of hydrogen-bond donors (Lipinski definition) is 0. The molecular formula is C31H47NO. The molecule has 182 valence electrons. The van der Waals surface area contributed by atoms with Gasteiger partial charge < -0.3 is 9.64 Å². The largest absolute Gasteiger partial charge is 0.368 e. The van der Waals surface area contributed by atoms with E-state index in [2.05, 4.69) is 49.1 Å². The Morgan fingerprint density at radius 3 is 2.42 bits per heavy atom. The molecule has 1 aromatic rings. The summed E-state index contributed by atoms with van der Waals surface area (Å²) in [5, 5.41) is 0. The number of benzene rings is 1. The van der Waals surface area contributed by atoms with Gasteiger partial charge in [-0.15, -0.1) is 0 Å². The zero-order chi connectivity index (χ0) is 22.5. The summed E-state index contributed by atoms with van der Waals surface area (Å²) in [5.41, 5.74) is 2.27. The summed E-state index contributed by atoms with van der Waals surface area (Å²) in [4.78, 5) is 2.62. The molecule has 4 saturated carbocycles. The van der Waals surface area contributed by atoms with Crippen molar-refractivity contribution in [2.75, 3.05) is 26.2 Å². The Hall–Kier alpha value is -0.860. The SMILES string of the molecule is C[C@]12CCCC[C@H]1CC[C@@H]1[C@@H]2CC[C@@]2(C)[C@H]1CC[C@]2(OCCN1CCCC1)c1ccccc1. The van der Waals surface area contributed by atoms with E-state index in [0.717, 1.165) is 36.8 Å². The van der Waals surface area contributed by atoms with Crippen LogP contribution >= 0.6 is 0 Å². The monoisotopic (exact) mass is 449 g/mol. The second-order valence-electron chi connectivity index (χ2n) is 13.0. The van der Waals surface area contributed by atoms with Crippen LogP contribution in [-0.4, -0.2) is 31.1 Å². The smallest absolute Gasteiger partial charge is 0.0988 e. The van der Waals surface area contributed by atoms with Gasteiger partial charge in [-0.2, -0.15) is 0 Å². The zero-order valence-electron chi connectivity index (χ0n) is 21.4. The molecule has 1 heterocycles. The van der Waals surface area contributed by atoms with Crippen molar-refractivity contribution in [3.05, 3.63) is 35.9 Å². The Morgan fingerprint density at radius 1 is 0.818 bits per heavy atom. The van der Waals surface area contributed by atoms with Crippen molar-refractivity contribution in [3.63, 3.8) is 0 Å². The summed E-state index contributed by atoms with van der Waals surface area (Å²) in [6.45, 7) is 9.91. The molecule has 7 atom stereocenters. The topological polar surface area (TPSA) is 12.5 Å². The highest BCUT2D eigenvalue weighted by molar-refractivity contribution is 5.30. The van der Waals surface area contributed by atoms with E-state index in [1.54, 1.807) is 0 Å². The van der Waals surface area contributed by atoms with E-state index in [9.17, 15) is 0 Å². The Labute approximate surface area is 202 Å². The maximum atomic E-state index is 7.18. The summed E-state index contributed by atoms with van der Waals surface area (Å²) >= 11 is 0. The minimum Gasteiger partial charge on any atom is -0.368 e. The number of nitrogens with zero attached hydrogens (tertiary/aromatic N) is 1. The van der Waals surface area contributed by atoms with Crippen LogP contribution < -0.4 is 0 Å². The third kappa shape index (κ3) is 3.48. The van der Waals surface area contributed by atoms with Crippen molar-refractivity contribution in [2.45, 2.75) is 96.5 Å². The molecule has 0 spiro atoms. The van der Waals surface area contributed by atoms with Gasteiger partial charge in [0.1, 0.15) is 0 Å².